The fourth-order valence-corrected chi connectivity index (χ4v) is 4.29. The molecule has 3 aromatic rings. The van der Waals surface area contributed by atoms with Crippen molar-refractivity contribution in [3.63, 3.8) is 0 Å². The van der Waals surface area contributed by atoms with Gasteiger partial charge in [0.2, 0.25) is 5.91 Å². The van der Waals surface area contributed by atoms with E-state index in [0.717, 1.165) is 10.5 Å². The number of carbonyl (C=O) groups is 2. The second-order valence-electron chi connectivity index (χ2n) is 7.98. The number of ether oxygens (including phenoxy) is 2. The van der Waals surface area contributed by atoms with Crippen molar-refractivity contribution in [1.82, 2.24) is 9.58 Å². The van der Waals surface area contributed by atoms with Gasteiger partial charge in [0.05, 0.1) is 18.1 Å². The number of para-hydroxylation sites is 1. The third kappa shape index (κ3) is 4.45. The number of fused-ring (bicyclic) bond motifs is 2. The van der Waals surface area contributed by atoms with E-state index in [2.05, 4.69) is 27.4 Å². The highest BCUT2D eigenvalue weighted by Gasteiger charge is 2.43. The third-order valence-electron chi connectivity index (χ3n) is 5.90. The molecule has 186 valence electrons. The lowest BCUT2D eigenvalue weighted by Gasteiger charge is -2.24. The maximum atomic E-state index is 13.5. The summed E-state index contributed by atoms with van der Waals surface area (Å²) in [6.45, 7) is 7.11. The van der Waals surface area contributed by atoms with E-state index in [-0.39, 0.29) is 24.5 Å². The molecule has 0 aliphatic carbocycles. The standard InChI is InChI=1S/C25H23F2N5O4/c1-4-30(17-10-11-20-21(14-17)36-25(26,27)35-20)22(33)15-32(29-3)24(34)23-16(2)31(13-7-12-28)19-9-6-5-8-18(19)23/h5-6,8-11,14H,3-4,7,13,15H2,1-2H3. The van der Waals surface area contributed by atoms with Crippen LogP contribution in [0.1, 0.15) is 29.4 Å². The first-order chi connectivity index (χ1) is 17.2. The molecule has 2 aromatic carbocycles. The zero-order valence-corrected chi connectivity index (χ0v) is 19.7. The summed E-state index contributed by atoms with van der Waals surface area (Å²) in [7, 11) is 0. The van der Waals surface area contributed by atoms with Crippen LogP contribution in [-0.4, -0.2) is 47.5 Å². The molecule has 1 aromatic heterocycles. The average Bonchev–Trinajstić information content (AvgIpc) is 3.31. The van der Waals surface area contributed by atoms with Crippen molar-refractivity contribution in [2.24, 2.45) is 5.10 Å². The van der Waals surface area contributed by atoms with E-state index >= 15 is 0 Å². The summed E-state index contributed by atoms with van der Waals surface area (Å²) in [5.74, 6) is -1.36. The van der Waals surface area contributed by atoms with Crippen LogP contribution in [0, 0.1) is 18.3 Å². The summed E-state index contributed by atoms with van der Waals surface area (Å²) < 4.78 is 37.5. The lowest BCUT2D eigenvalue weighted by atomic mass is 10.1. The van der Waals surface area contributed by atoms with E-state index in [0.29, 0.717) is 28.9 Å². The van der Waals surface area contributed by atoms with E-state index < -0.39 is 24.7 Å². The number of aryl methyl sites for hydroxylation is 1. The largest absolute Gasteiger partial charge is 0.586 e. The Hall–Kier alpha value is -4.46. The number of nitriles is 1. The number of hydrogen-bond acceptors (Lipinski definition) is 6. The summed E-state index contributed by atoms with van der Waals surface area (Å²) in [6.07, 6.45) is -3.51. The van der Waals surface area contributed by atoms with Gasteiger partial charge >= 0.3 is 6.29 Å². The van der Waals surface area contributed by atoms with Crippen LogP contribution < -0.4 is 14.4 Å². The molecule has 11 heteroatoms. The monoisotopic (exact) mass is 495 g/mol. The van der Waals surface area contributed by atoms with Gasteiger partial charge in [-0.1, -0.05) is 18.2 Å². The number of likely N-dealkylation sites (N-methyl/N-ethyl adjacent to an activating group) is 1. The SMILES string of the molecule is C=NN(CC(=O)N(CC)c1ccc2c(c1)OC(F)(F)O2)C(=O)c1c(C)n(CCC#N)c2ccccc12. The molecule has 9 nitrogen and oxygen atoms in total. The Labute approximate surface area is 205 Å². The van der Waals surface area contributed by atoms with Gasteiger partial charge < -0.3 is 18.9 Å². The Kier molecular flexibility index (Phi) is 6.61. The van der Waals surface area contributed by atoms with Crippen LogP contribution >= 0.6 is 0 Å². The molecule has 2 amide bonds. The number of hydrogen-bond donors (Lipinski definition) is 0. The highest BCUT2D eigenvalue weighted by Crippen LogP contribution is 2.42. The fourth-order valence-electron chi connectivity index (χ4n) is 4.29. The van der Waals surface area contributed by atoms with Gasteiger partial charge in [0.15, 0.2) is 11.5 Å². The minimum Gasteiger partial charge on any atom is -0.395 e. The first kappa shape index (κ1) is 24.7. The van der Waals surface area contributed by atoms with Crippen LogP contribution in [0.5, 0.6) is 11.5 Å². The van der Waals surface area contributed by atoms with Gasteiger partial charge in [-0.15, -0.1) is 8.78 Å². The zero-order chi connectivity index (χ0) is 26.0. The molecule has 0 spiro atoms. The van der Waals surface area contributed by atoms with Gasteiger partial charge in [0, 0.05) is 48.2 Å². The molecule has 0 fully saturated rings. The van der Waals surface area contributed by atoms with E-state index in [1.807, 2.05) is 16.7 Å². The maximum Gasteiger partial charge on any atom is 0.586 e. The van der Waals surface area contributed by atoms with Crippen LogP contribution in [-0.2, 0) is 11.3 Å². The van der Waals surface area contributed by atoms with Crippen molar-refractivity contribution in [3.05, 3.63) is 53.7 Å². The highest BCUT2D eigenvalue weighted by molar-refractivity contribution is 6.09. The summed E-state index contributed by atoms with van der Waals surface area (Å²) >= 11 is 0. The Morgan fingerprint density at radius 3 is 2.61 bits per heavy atom. The Bertz CT molecular complexity index is 1400. The predicted molar refractivity (Wildman–Crippen MR) is 128 cm³/mol. The molecule has 36 heavy (non-hydrogen) atoms. The van der Waals surface area contributed by atoms with Crippen LogP contribution in [0.2, 0.25) is 0 Å². The Morgan fingerprint density at radius 2 is 1.92 bits per heavy atom. The quantitative estimate of drug-likeness (QED) is 0.343. The molecule has 0 radical (unpaired) electrons. The first-order valence-electron chi connectivity index (χ1n) is 11.1. The molecular weight excluding hydrogens is 472 g/mol. The third-order valence-corrected chi connectivity index (χ3v) is 5.90. The van der Waals surface area contributed by atoms with Crippen molar-refractivity contribution in [2.75, 3.05) is 18.0 Å². The molecule has 2 heterocycles. The highest BCUT2D eigenvalue weighted by atomic mass is 19.3. The number of amides is 2. The summed E-state index contributed by atoms with van der Waals surface area (Å²) in [4.78, 5) is 28.0. The number of hydrazone groups is 1. The molecule has 4 rings (SSSR count). The van der Waals surface area contributed by atoms with Crippen LogP contribution in [0.15, 0.2) is 47.6 Å². The number of halogens is 2. The lowest BCUT2D eigenvalue weighted by molar-refractivity contribution is -0.286. The first-order valence-corrected chi connectivity index (χ1v) is 11.1. The van der Waals surface area contributed by atoms with Crippen molar-refractivity contribution in [1.29, 1.82) is 5.26 Å². The number of rotatable bonds is 8. The number of benzene rings is 2. The van der Waals surface area contributed by atoms with Gasteiger partial charge in [-0.3, -0.25) is 9.59 Å². The van der Waals surface area contributed by atoms with Crippen molar-refractivity contribution >= 4 is 35.1 Å². The minimum atomic E-state index is -3.78. The molecule has 0 bridgehead atoms. The second kappa shape index (κ2) is 9.65. The molecule has 0 N–H and O–H groups in total. The molecule has 0 atom stereocenters. The predicted octanol–water partition coefficient (Wildman–Crippen LogP) is 4.30. The number of anilines is 1. The van der Waals surface area contributed by atoms with Crippen molar-refractivity contribution in [3.8, 4) is 17.6 Å². The minimum absolute atomic E-state index is 0.139. The smallest absolute Gasteiger partial charge is 0.395 e. The van der Waals surface area contributed by atoms with Gasteiger partial charge in [-0.05, 0) is 32.0 Å². The van der Waals surface area contributed by atoms with E-state index in [9.17, 15) is 18.4 Å². The normalized spacial score (nSPS) is 13.3. The molecule has 0 unspecified atom stereocenters. The average molecular weight is 495 g/mol. The molecule has 0 saturated heterocycles. The van der Waals surface area contributed by atoms with Gasteiger partial charge in [-0.2, -0.15) is 10.4 Å². The molecule has 1 aliphatic heterocycles. The van der Waals surface area contributed by atoms with E-state index in [1.54, 1.807) is 26.0 Å². The molecule has 0 saturated carbocycles. The molecular formula is C25H23F2N5O4. The number of carbonyl (C=O) groups excluding carboxylic acids is 2. The lowest BCUT2D eigenvalue weighted by Crippen LogP contribution is -2.41. The topological polar surface area (TPSA) is 100 Å². The van der Waals surface area contributed by atoms with Crippen molar-refractivity contribution in [2.45, 2.75) is 33.1 Å². The van der Waals surface area contributed by atoms with Crippen molar-refractivity contribution < 1.29 is 27.8 Å². The molecule has 1 aliphatic rings. The Morgan fingerprint density at radius 1 is 1.19 bits per heavy atom. The zero-order valence-electron chi connectivity index (χ0n) is 19.7. The summed E-state index contributed by atoms with van der Waals surface area (Å²) in [5, 5.41) is 14.5. The van der Waals surface area contributed by atoms with Crippen LogP contribution in [0.25, 0.3) is 10.9 Å². The number of aromatic nitrogens is 1. The second-order valence-corrected chi connectivity index (χ2v) is 7.98. The summed E-state index contributed by atoms with van der Waals surface area (Å²) in [6, 6.07) is 13.4. The number of alkyl halides is 2. The van der Waals surface area contributed by atoms with Gasteiger partial charge in [0.25, 0.3) is 5.91 Å². The van der Waals surface area contributed by atoms with Crippen LogP contribution in [0.3, 0.4) is 0 Å². The van der Waals surface area contributed by atoms with E-state index in [4.69, 9.17) is 5.26 Å². The van der Waals surface area contributed by atoms with Gasteiger partial charge in [-0.25, -0.2) is 5.01 Å². The van der Waals surface area contributed by atoms with Gasteiger partial charge in [0.1, 0.15) is 6.54 Å². The Balaban J connectivity index is 1.60. The maximum absolute atomic E-state index is 13.5. The number of nitrogens with zero attached hydrogens (tertiary/aromatic N) is 5. The van der Waals surface area contributed by atoms with E-state index in [1.165, 1.54) is 23.1 Å². The summed E-state index contributed by atoms with van der Waals surface area (Å²) in [5.41, 5.74) is 2.08. The van der Waals surface area contributed by atoms with Crippen LogP contribution in [0.4, 0.5) is 14.5 Å². The fraction of sp³-hybridized carbons (Fsp3) is 0.280.